The molecule has 0 spiro atoms. The lowest BCUT2D eigenvalue weighted by molar-refractivity contribution is -0.128. The molecule has 29 heavy (non-hydrogen) atoms. The van der Waals surface area contributed by atoms with Crippen molar-refractivity contribution in [1.82, 2.24) is 19.8 Å². The molecule has 1 unspecified atom stereocenters. The summed E-state index contributed by atoms with van der Waals surface area (Å²) in [6.45, 7) is 2.03. The van der Waals surface area contributed by atoms with Crippen molar-refractivity contribution in [2.24, 2.45) is 0 Å². The van der Waals surface area contributed by atoms with Crippen molar-refractivity contribution in [2.45, 2.75) is 25.4 Å². The zero-order chi connectivity index (χ0) is 20.1. The molecule has 7 heteroatoms. The Hall–Kier alpha value is -3.35. The van der Waals surface area contributed by atoms with Crippen LogP contribution < -0.4 is 10.1 Å². The van der Waals surface area contributed by atoms with Crippen LogP contribution in [0.5, 0.6) is 5.75 Å². The summed E-state index contributed by atoms with van der Waals surface area (Å²) in [7, 11) is 0. The first-order chi connectivity index (χ1) is 14.2. The molecule has 2 aromatic carbocycles. The number of carbonyl (C=O) groups excluding carboxylic acids is 2. The summed E-state index contributed by atoms with van der Waals surface area (Å²) < 4.78 is 7.63. The molecule has 2 amide bonds. The zero-order valence-corrected chi connectivity index (χ0v) is 16.2. The molecular formula is C22H24N4O3. The third-order valence-corrected chi connectivity index (χ3v) is 5.06. The van der Waals surface area contributed by atoms with Crippen LogP contribution in [0, 0.1) is 0 Å². The maximum absolute atomic E-state index is 12.3. The van der Waals surface area contributed by atoms with E-state index in [1.165, 1.54) is 0 Å². The largest absolute Gasteiger partial charge is 0.492 e. The zero-order valence-electron chi connectivity index (χ0n) is 16.2. The van der Waals surface area contributed by atoms with Crippen molar-refractivity contribution < 1.29 is 14.3 Å². The van der Waals surface area contributed by atoms with E-state index in [2.05, 4.69) is 10.3 Å². The molecule has 0 bridgehead atoms. The monoisotopic (exact) mass is 392 g/mol. The highest BCUT2D eigenvalue weighted by Crippen LogP contribution is 2.14. The lowest BCUT2D eigenvalue weighted by Gasteiger charge is -2.17. The number of hydrogen-bond acceptors (Lipinski definition) is 4. The quantitative estimate of drug-likeness (QED) is 0.638. The molecule has 150 valence electrons. The van der Waals surface area contributed by atoms with Gasteiger partial charge in [0.05, 0.1) is 29.9 Å². The number of hydrogen-bond donors (Lipinski definition) is 1. The third kappa shape index (κ3) is 4.74. The highest BCUT2D eigenvalue weighted by molar-refractivity contribution is 5.82. The molecule has 1 aromatic heterocycles. The van der Waals surface area contributed by atoms with Crippen molar-refractivity contribution in [3.05, 3.63) is 60.9 Å². The van der Waals surface area contributed by atoms with E-state index in [1.807, 2.05) is 59.2 Å². The van der Waals surface area contributed by atoms with E-state index in [9.17, 15) is 9.59 Å². The number of aromatic nitrogens is 2. The molecular weight excluding hydrogens is 368 g/mol. The average molecular weight is 392 g/mol. The van der Waals surface area contributed by atoms with Gasteiger partial charge in [0.2, 0.25) is 11.8 Å². The summed E-state index contributed by atoms with van der Waals surface area (Å²) in [6, 6.07) is 17.2. The van der Waals surface area contributed by atoms with Gasteiger partial charge in [-0.2, -0.15) is 0 Å². The van der Waals surface area contributed by atoms with Crippen LogP contribution in [0.2, 0.25) is 0 Å². The minimum Gasteiger partial charge on any atom is -0.492 e. The molecule has 1 aliphatic heterocycles. The van der Waals surface area contributed by atoms with Crippen LogP contribution >= 0.6 is 0 Å². The predicted octanol–water partition coefficient (Wildman–Crippen LogP) is 2.22. The highest BCUT2D eigenvalue weighted by atomic mass is 16.5. The molecule has 2 heterocycles. The minimum atomic E-state index is -0.147. The number of benzene rings is 2. The molecule has 4 rings (SSSR count). The smallest absolute Gasteiger partial charge is 0.224 e. The first-order valence-corrected chi connectivity index (χ1v) is 9.84. The SMILES string of the molecule is O=C(CCn1cnc2ccccc21)NC1CC(=O)N(CCOc2ccccc2)C1. The van der Waals surface area contributed by atoms with Crippen LogP contribution in [0.4, 0.5) is 0 Å². The van der Waals surface area contributed by atoms with Gasteiger partial charge in [0.25, 0.3) is 0 Å². The summed E-state index contributed by atoms with van der Waals surface area (Å²) in [5, 5.41) is 2.98. The maximum atomic E-state index is 12.3. The molecule has 1 atom stereocenters. The Morgan fingerprint density at radius 2 is 1.90 bits per heavy atom. The number of fused-ring (bicyclic) bond motifs is 1. The standard InChI is InChI=1S/C22H24N4O3/c27-21(10-11-26-16-23-19-8-4-5-9-20(19)26)24-17-14-22(28)25(15-17)12-13-29-18-6-2-1-3-7-18/h1-9,16-17H,10-15H2,(H,24,27). The van der Waals surface area contributed by atoms with Crippen molar-refractivity contribution in [3.63, 3.8) is 0 Å². The van der Waals surface area contributed by atoms with Gasteiger partial charge in [-0.05, 0) is 24.3 Å². The Morgan fingerprint density at radius 3 is 2.76 bits per heavy atom. The summed E-state index contributed by atoms with van der Waals surface area (Å²) in [6.07, 6.45) is 2.44. The van der Waals surface area contributed by atoms with Crippen LogP contribution in [0.3, 0.4) is 0 Å². The van der Waals surface area contributed by atoms with Gasteiger partial charge in [-0.25, -0.2) is 4.98 Å². The summed E-state index contributed by atoms with van der Waals surface area (Å²) in [4.78, 5) is 30.6. The number of likely N-dealkylation sites (tertiary alicyclic amines) is 1. The van der Waals surface area contributed by atoms with Crippen molar-refractivity contribution in [1.29, 1.82) is 0 Å². The van der Waals surface area contributed by atoms with Gasteiger partial charge in [-0.3, -0.25) is 9.59 Å². The van der Waals surface area contributed by atoms with Crippen molar-refractivity contribution in [2.75, 3.05) is 19.7 Å². The van der Waals surface area contributed by atoms with E-state index in [4.69, 9.17) is 4.74 Å². The molecule has 0 saturated carbocycles. The van der Waals surface area contributed by atoms with E-state index in [0.29, 0.717) is 39.1 Å². The molecule has 1 fully saturated rings. The van der Waals surface area contributed by atoms with Crippen LogP contribution in [-0.2, 0) is 16.1 Å². The van der Waals surface area contributed by atoms with E-state index in [1.54, 1.807) is 11.2 Å². The van der Waals surface area contributed by atoms with Gasteiger partial charge >= 0.3 is 0 Å². The van der Waals surface area contributed by atoms with Crippen molar-refractivity contribution in [3.8, 4) is 5.75 Å². The van der Waals surface area contributed by atoms with E-state index >= 15 is 0 Å². The molecule has 3 aromatic rings. The number of ether oxygens (including phenoxy) is 1. The number of rotatable bonds is 8. The molecule has 1 N–H and O–H groups in total. The van der Waals surface area contributed by atoms with Crippen molar-refractivity contribution >= 4 is 22.8 Å². The maximum Gasteiger partial charge on any atom is 0.224 e. The van der Waals surface area contributed by atoms with Gasteiger partial charge in [0.15, 0.2) is 0 Å². The van der Waals surface area contributed by atoms with Crippen LogP contribution in [-0.4, -0.2) is 52.0 Å². The second-order valence-electron chi connectivity index (χ2n) is 7.15. The van der Waals surface area contributed by atoms with E-state index in [0.717, 1.165) is 16.8 Å². The Balaban J connectivity index is 1.21. The Kier molecular flexibility index (Phi) is 5.74. The summed E-state index contributed by atoms with van der Waals surface area (Å²) >= 11 is 0. The van der Waals surface area contributed by atoms with Gasteiger partial charge in [0, 0.05) is 25.9 Å². The number of carbonyl (C=O) groups is 2. The highest BCUT2D eigenvalue weighted by Gasteiger charge is 2.30. The molecule has 1 saturated heterocycles. The van der Waals surface area contributed by atoms with Crippen LogP contribution in [0.25, 0.3) is 11.0 Å². The Bertz CT molecular complexity index is 986. The van der Waals surface area contributed by atoms with Gasteiger partial charge in [-0.1, -0.05) is 30.3 Å². The normalized spacial score (nSPS) is 16.3. The van der Waals surface area contributed by atoms with E-state index < -0.39 is 0 Å². The number of nitrogens with one attached hydrogen (secondary N) is 1. The van der Waals surface area contributed by atoms with Crippen LogP contribution in [0.15, 0.2) is 60.9 Å². The number of aryl methyl sites for hydroxylation is 1. The average Bonchev–Trinajstić information content (AvgIpc) is 3.30. The van der Waals surface area contributed by atoms with Gasteiger partial charge < -0.3 is 19.5 Å². The summed E-state index contributed by atoms with van der Waals surface area (Å²) in [5.74, 6) is 0.784. The van der Waals surface area contributed by atoms with Gasteiger partial charge in [-0.15, -0.1) is 0 Å². The molecule has 7 nitrogen and oxygen atoms in total. The molecule has 0 radical (unpaired) electrons. The first-order valence-electron chi connectivity index (χ1n) is 9.84. The van der Waals surface area contributed by atoms with E-state index in [-0.39, 0.29) is 17.9 Å². The van der Waals surface area contributed by atoms with Crippen LogP contribution in [0.1, 0.15) is 12.8 Å². The molecule has 1 aliphatic rings. The second kappa shape index (κ2) is 8.77. The number of amides is 2. The Morgan fingerprint density at radius 1 is 1.10 bits per heavy atom. The van der Waals surface area contributed by atoms with Gasteiger partial charge in [0.1, 0.15) is 12.4 Å². The first kappa shape index (κ1) is 19.0. The fraction of sp³-hybridized carbons (Fsp3) is 0.318. The number of nitrogens with zero attached hydrogens (tertiary/aromatic N) is 3. The number of imidazole rings is 1. The third-order valence-electron chi connectivity index (χ3n) is 5.06. The summed E-state index contributed by atoms with van der Waals surface area (Å²) in [5.41, 5.74) is 1.93. The fourth-order valence-corrected chi connectivity index (χ4v) is 3.59. The topological polar surface area (TPSA) is 76.5 Å². The Labute approximate surface area is 169 Å². The lowest BCUT2D eigenvalue weighted by Crippen LogP contribution is -2.38. The number of para-hydroxylation sites is 3. The fourth-order valence-electron chi connectivity index (χ4n) is 3.59. The second-order valence-corrected chi connectivity index (χ2v) is 7.15. The molecule has 0 aliphatic carbocycles. The predicted molar refractivity (Wildman–Crippen MR) is 109 cm³/mol. The lowest BCUT2D eigenvalue weighted by atomic mass is 10.2. The minimum absolute atomic E-state index is 0.0487.